The normalized spacial score (nSPS) is 11.8. The van der Waals surface area contributed by atoms with E-state index in [9.17, 15) is 0 Å². The lowest BCUT2D eigenvalue weighted by molar-refractivity contribution is 1.23. The second-order valence-electron chi connectivity index (χ2n) is 5.14. The fraction of sp³-hybridized carbons (Fsp3) is 0.158. The molecule has 0 aliphatic heterocycles. The summed E-state index contributed by atoms with van der Waals surface area (Å²) in [5.74, 6) is 0. The summed E-state index contributed by atoms with van der Waals surface area (Å²) in [5.41, 5.74) is 2.64. The Labute approximate surface area is 128 Å². The maximum absolute atomic E-state index is 3.64. The van der Waals surface area contributed by atoms with Crippen molar-refractivity contribution in [2.24, 2.45) is 0 Å². The molecule has 0 saturated carbocycles. The van der Waals surface area contributed by atoms with Crippen molar-refractivity contribution < 1.29 is 0 Å². The SMILES string of the molecule is CC/C=C\c1cc2c(ccc3c(Br)cccc32)cc1C. The lowest BCUT2D eigenvalue weighted by atomic mass is 9.97. The molecule has 0 heterocycles. The number of halogens is 1. The highest BCUT2D eigenvalue weighted by Gasteiger charge is 2.05. The minimum atomic E-state index is 1.07. The first-order chi connectivity index (χ1) is 9.70. The van der Waals surface area contributed by atoms with Gasteiger partial charge in [0.2, 0.25) is 0 Å². The Hall–Kier alpha value is -1.60. The first kappa shape index (κ1) is 13.4. The van der Waals surface area contributed by atoms with Gasteiger partial charge in [-0.1, -0.05) is 65.3 Å². The molecule has 0 radical (unpaired) electrons. The van der Waals surface area contributed by atoms with Gasteiger partial charge >= 0.3 is 0 Å². The second kappa shape index (κ2) is 5.41. The summed E-state index contributed by atoms with van der Waals surface area (Å²) in [6.45, 7) is 4.35. The van der Waals surface area contributed by atoms with Crippen LogP contribution in [0.4, 0.5) is 0 Å². The number of aryl methyl sites for hydroxylation is 1. The molecule has 0 amide bonds. The van der Waals surface area contributed by atoms with Crippen LogP contribution in [0.1, 0.15) is 24.5 Å². The van der Waals surface area contributed by atoms with Gasteiger partial charge in [0.05, 0.1) is 0 Å². The Kier molecular flexibility index (Phi) is 3.62. The summed E-state index contributed by atoms with van der Waals surface area (Å²) in [4.78, 5) is 0. The van der Waals surface area contributed by atoms with E-state index in [1.54, 1.807) is 0 Å². The third-order valence-corrected chi connectivity index (χ3v) is 4.44. The molecule has 0 spiro atoms. The molecule has 0 aliphatic rings. The van der Waals surface area contributed by atoms with Crippen LogP contribution in [0.15, 0.2) is 53.0 Å². The van der Waals surface area contributed by atoms with E-state index >= 15 is 0 Å². The predicted molar refractivity (Wildman–Crippen MR) is 93.2 cm³/mol. The van der Waals surface area contributed by atoms with Crippen LogP contribution in [0.2, 0.25) is 0 Å². The molecule has 0 N–H and O–H groups in total. The molecule has 0 bridgehead atoms. The molecule has 100 valence electrons. The van der Waals surface area contributed by atoms with Gasteiger partial charge in [0.15, 0.2) is 0 Å². The van der Waals surface area contributed by atoms with E-state index in [1.807, 2.05) is 0 Å². The van der Waals surface area contributed by atoms with E-state index in [0.29, 0.717) is 0 Å². The van der Waals surface area contributed by atoms with Crippen LogP contribution in [0.5, 0.6) is 0 Å². The van der Waals surface area contributed by atoms with Gasteiger partial charge in [-0.3, -0.25) is 0 Å². The molecule has 0 saturated heterocycles. The van der Waals surface area contributed by atoms with Gasteiger partial charge in [0.1, 0.15) is 0 Å². The van der Waals surface area contributed by atoms with Crippen LogP contribution in [-0.2, 0) is 0 Å². The maximum Gasteiger partial charge on any atom is 0.0253 e. The summed E-state index contributed by atoms with van der Waals surface area (Å²) < 4.78 is 1.16. The van der Waals surface area contributed by atoms with Crippen molar-refractivity contribution >= 4 is 43.6 Å². The molecule has 0 atom stereocenters. The van der Waals surface area contributed by atoms with Crippen LogP contribution in [0.3, 0.4) is 0 Å². The zero-order valence-electron chi connectivity index (χ0n) is 11.8. The van der Waals surface area contributed by atoms with E-state index in [2.05, 4.69) is 84.4 Å². The van der Waals surface area contributed by atoms with Gasteiger partial charge in [0.25, 0.3) is 0 Å². The second-order valence-corrected chi connectivity index (χ2v) is 6.00. The molecule has 3 aromatic rings. The zero-order valence-corrected chi connectivity index (χ0v) is 13.4. The molecule has 0 aromatic heterocycles. The van der Waals surface area contributed by atoms with Gasteiger partial charge in [-0.2, -0.15) is 0 Å². The Morgan fingerprint density at radius 1 is 1.00 bits per heavy atom. The van der Waals surface area contributed by atoms with Crippen LogP contribution in [0.25, 0.3) is 27.6 Å². The highest BCUT2D eigenvalue weighted by molar-refractivity contribution is 9.10. The fourth-order valence-electron chi connectivity index (χ4n) is 2.66. The maximum atomic E-state index is 3.64. The van der Waals surface area contributed by atoms with Gasteiger partial charge < -0.3 is 0 Å². The molecule has 20 heavy (non-hydrogen) atoms. The topological polar surface area (TPSA) is 0 Å². The fourth-order valence-corrected chi connectivity index (χ4v) is 3.16. The summed E-state index contributed by atoms with van der Waals surface area (Å²) in [6.07, 6.45) is 5.51. The minimum Gasteiger partial charge on any atom is -0.0842 e. The van der Waals surface area contributed by atoms with Gasteiger partial charge in [-0.25, -0.2) is 0 Å². The third-order valence-electron chi connectivity index (χ3n) is 3.74. The van der Waals surface area contributed by atoms with Crippen molar-refractivity contribution in [3.8, 4) is 0 Å². The van der Waals surface area contributed by atoms with Gasteiger partial charge in [0, 0.05) is 4.47 Å². The predicted octanol–water partition coefficient (Wildman–Crippen LogP) is 6.49. The lowest BCUT2D eigenvalue weighted by Crippen LogP contribution is -1.85. The van der Waals surface area contributed by atoms with Gasteiger partial charge in [-0.15, -0.1) is 0 Å². The summed E-state index contributed by atoms with van der Waals surface area (Å²) in [7, 11) is 0. The van der Waals surface area contributed by atoms with Crippen molar-refractivity contribution in [2.45, 2.75) is 20.3 Å². The van der Waals surface area contributed by atoms with Crippen molar-refractivity contribution in [3.63, 3.8) is 0 Å². The lowest BCUT2D eigenvalue weighted by Gasteiger charge is -2.09. The highest BCUT2D eigenvalue weighted by atomic mass is 79.9. The van der Waals surface area contributed by atoms with E-state index in [0.717, 1.165) is 10.9 Å². The molecular weight excluding hydrogens is 308 g/mol. The van der Waals surface area contributed by atoms with E-state index in [-0.39, 0.29) is 0 Å². The Morgan fingerprint density at radius 2 is 1.85 bits per heavy atom. The number of allylic oxidation sites excluding steroid dienone is 1. The molecule has 0 fully saturated rings. The third kappa shape index (κ3) is 2.27. The minimum absolute atomic E-state index is 1.07. The highest BCUT2D eigenvalue weighted by Crippen LogP contribution is 2.32. The molecule has 0 unspecified atom stereocenters. The van der Waals surface area contributed by atoms with Crippen LogP contribution in [-0.4, -0.2) is 0 Å². The standard InChI is InChI=1S/C19H17Br/c1-3-4-6-14-12-18-15(11-13(14)2)9-10-17-16(18)7-5-8-19(17)20/h4-12H,3H2,1-2H3/b6-4-. The first-order valence-electron chi connectivity index (χ1n) is 6.99. The van der Waals surface area contributed by atoms with Crippen LogP contribution in [0, 0.1) is 6.92 Å². The number of hydrogen-bond donors (Lipinski definition) is 0. The van der Waals surface area contributed by atoms with Crippen LogP contribution >= 0.6 is 15.9 Å². The monoisotopic (exact) mass is 324 g/mol. The largest absolute Gasteiger partial charge is 0.0842 e. The van der Waals surface area contributed by atoms with Crippen molar-refractivity contribution in [1.82, 2.24) is 0 Å². The summed E-state index contributed by atoms with van der Waals surface area (Å²) in [5, 5.41) is 5.21. The first-order valence-corrected chi connectivity index (χ1v) is 7.78. The quantitative estimate of drug-likeness (QED) is 0.473. The number of rotatable bonds is 2. The summed E-state index contributed by atoms with van der Waals surface area (Å²) in [6, 6.07) is 15.4. The van der Waals surface area contributed by atoms with Crippen LogP contribution < -0.4 is 0 Å². The average Bonchev–Trinajstić information content (AvgIpc) is 2.45. The number of fused-ring (bicyclic) bond motifs is 3. The van der Waals surface area contributed by atoms with Gasteiger partial charge in [-0.05, 0) is 58.1 Å². The average molecular weight is 325 g/mol. The molecular formula is C19H17Br. The van der Waals surface area contributed by atoms with E-state index in [1.165, 1.54) is 32.7 Å². The Balaban J connectivity index is 2.37. The van der Waals surface area contributed by atoms with E-state index in [4.69, 9.17) is 0 Å². The van der Waals surface area contributed by atoms with Crippen molar-refractivity contribution in [3.05, 3.63) is 64.1 Å². The molecule has 3 aromatic carbocycles. The number of benzene rings is 3. The number of hydrogen-bond acceptors (Lipinski definition) is 0. The van der Waals surface area contributed by atoms with E-state index < -0.39 is 0 Å². The molecule has 0 nitrogen and oxygen atoms in total. The molecule has 0 aliphatic carbocycles. The Morgan fingerprint density at radius 3 is 2.65 bits per heavy atom. The van der Waals surface area contributed by atoms with Crippen molar-refractivity contribution in [1.29, 1.82) is 0 Å². The Bertz CT molecular complexity index is 813. The summed E-state index contributed by atoms with van der Waals surface area (Å²) >= 11 is 3.64. The van der Waals surface area contributed by atoms with Crippen molar-refractivity contribution in [2.75, 3.05) is 0 Å². The smallest absolute Gasteiger partial charge is 0.0253 e. The molecule has 3 rings (SSSR count). The zero-order chi connectivity index (χ0) is 14.1. The molecule has 1 heteroatoms.